The zero-order chi connectivity index (χ0) is 11.8. The van der Waals surface area contributed by atoms with Gasteiger partial charge in [-0.05, 0) is 25.0 Å². The van der Waals surface area contributed by atoms with E-state index in [1.807, 2.05) is 6.07 Å². The Hall–Kier alpha value is 0.602. The average molecular weight is 425 g/mol. The number of ketones is 1. The second-order valence-electron chi connectivity index (χ2n) is 3.71. The number of rotatable bonds is 1. The second-order valence-corrected chi connectivity index (χ2v) is 27.6. The van der Waals surface area contributed by atoms with Crippen LogP contribution in [0.4, 0.5) is 0 Å². The van der Waals surface area contributed by atoms with Gasteiger partial charge in [-0.3, -0.25) is 0 Å². The molecule has 0 heterocycles. The highest BCUT2D eigenvalue weighted by Crippen LogP contribution is 2.31. The van der Waals surface area contributed by atoms with Crippen molar-refractivity contribution in [2.75, 3.05) is 0 Å². The highest BCUT2D eigenvalue weighted by Gasteiger charge is 2.45. The van der Waals surface area contributed by atoms with Crippen molar-refractivity contribution >= 4 is 55.9 Å². The van der Waals surface area contributed by atoms with E-state index >= 15 is 0 Å². The summed E-state index contributed by atoms with van der Waals surface area (Å²) >= 11 is 10.6. The zero-order valence-electron chi connectivity index (χ0n) is 8.71. The summed E-state index contributed by atoms with van der Waals surface area (Å²) in [6.07, 6.45) is 3.19. The van der Waals surface area contributed by atoms with Crippen LogP contribution in [0.1, 0.15) is 21.5 Å². The molecule has 2 rings (SSSR count). The fourth-order valence-electron chi connectivity index (χ4n) is 1.78. The molecule has 1 aromatic carbocycles. The predicted octanol–water partition coefficient (Wildman–Crippen LogP) is 4.53. The van der Waals surface area contributed by atoms with Crippen LogP contribution < -0.4 is 0 Å². The van der Waals surface area contributed by atoms with E-state index in [1.165, 1.54) is 16.7 Å². The summed E-state index contributed by atoms with van der Waals surface area (Å²) in [5.74, 6) is 0.970. The van der Waals surface area contributed by atoms with E-state index in [1.54, 1.807) is 0 Å². The van der Waals surface area contributed by atoms with Crippen LogP contribution in [0.15, 0.2) is 35.9 Å². The first-order valence-corrected chi connectivity index (χ1v) is 15.0. The molecule has 1 nitrogen and oxygen atoms in total. The molecule has 84 valence electrons. The van der Waals surface area contributed by atoms with Crippen LogP contribution in [-0.4, -0.2) is 13.7 Å². The molecule has 1 aliphatic rings. The number of benzene rings is 1. The standard InChI is InChI=1S/C11H10O.Al.3BrH/c1-8-6-7-9-4-2-3-5-10(9)11(8)12;;;;/h2-6H,7H2,1H3;;3*1H/q;+3;;;/p-3. The minimum Gasteiger partial charge on any atom is -0.686 e. The molecule has 0 saturated heterocycles. The largest absolute Gasteiger partial charge is 0.955 e. The third-order valence-electron chi connectivity index (χ3n) is 2.50. The summed E-state index contributed by atoms with van der Waals surface area (Å²) in [7, 11) is -2.37. The quantitative estimate of drug-likeness (QED) is 0.463. The Balaban J connectivity index is 2.55. The predicted molar refractivity (Wildman–Crippen MR) is 80.8 cm³/mol. The van der Waals surface area contributed by atoms with Crippen molar-refractivity contribution in [2.45, 2.75) is 13.3 Å². The molecule has 0 amide bonds. The van der Waals surface area contributed by atoms with Gasteiger partial charge in [0, 0.05) is 5.57 Å². The van der Waals surface area contributed by atoms with Gasteiger partial charge in [0.2, 0.25) is 5.78 Å². The molecule has 0 bridgehead atoms. The van der Waals surface area contributed by atoms with Crippen molar-refractivity contribution in [3.05, 3.63) is 47.0 Å². The number of hydrogen-bond donors (Lipinski definition) is 0. The Bertz CT molecular complexity index is 474. The van der Waals surface area contributed by atoms with Gasteiger partial charge < -0.3 is 3.48 Å². The minimum atomic E-state index is -2.37. The minimum absolute atomic E-state index is 0.970. The molecular formula is C11H10AlBr3O. The number of fused-ring (bicyclic) bond motifs is 1. The SMILES string of the molecule is CC1=CCc2ccccc2C1=[O+][Al-]([Br])([Br])[Br]. The molecule has 0 spiro atoms. The zero-order valence-corrected chi connectivity index (χ0v) is 14.6. The van der Waals surface area contributed by atoms with Crippen LogP contribution in [0.25, 0.3) is 0 Å². The lowest BCUT2D eigenvalue weighted by molar-refractivity contribution is -0.0732. The number of allylic oxidation sites excluding steroid dienone is 2. The molecule has 0 aliphatic heterocycles. The third-order valence-corrected chi connectivity index (χ3v) is 4.68. The van der Waals surface area contributed by atoms with Crippen LogP contribution in [0.5, 0.6) is 0 Å². The maximum Gasteiger partial charge on any atom is 0.955 e. The average Bonchev–Trinajstić information content (AvgIpc) is 2.21. The Morgan fingerprint density at radius 1 is 1.19 bits per heavy atom. The molecule has 0 unspecified atom stereocenters. The number of carbonyl (C=O) groups excluding carboxylic acids is 1. The lowest BCUT2D eigenvalue weighted by atomic mass is 9.91. The van der Waals surface area contributed by atoms with Gasteiger partial charge in [-0.1, -0.05) is 24.3 Å². The lowest BCUT2D eigenvalue weighted by Crippen LogP contribution is -2.17. The van der Waals surface area contributed by atoms with E-state index in [9.17, 15) is 0 Å². The maximum absolute atomic E-state index is 5.98. The van der Waals surface area contributed by atoms with Crippen molar-refractivity contribution in [1.82, 2.24) is 0 Å². The van der Waals surface area contributed by atoms with Gasteiger partial charge in [-0.15, -0.1) is 0 Å². The van der Waals surface area contributed by atoms with Gasteiger partial charge in [0.1, 0.15) is 0 Å². The molecule has 5 heteroatoms. The molecule has 16 heavy (non-hydrogen) atoms. The summed E-state index contributed by atoms with van der Waals surface area (Å²) in [6, 6.07) is 8.36. The fraction of sp³-hybridized carbons (Fsp3) is 0.182. The summed E-state index contributed by atoms with van der Waals surface area (Å²) in [5, 5.41) is 0. The van der Waals surface area contributed by atoms with E-state index in [0.717, 1.165) is 12.2 Å². The number of hydrogen-bond acceptors (Lipinski definition) is 0. The van der Waals surface area contributed by atoms with E-state index in [0.29, 0.717) is 0 Å². The molecule has 0 radical (unpaired) electrons. The molecule has 0 atom stereocenters. The molecular weight excluding hydrogens is 415 g/mol. The Kier molecular flexibility index (Phi) is 4.14. The monoisotopic (exact) mass is 422 g/mol. The van der Waals surface area contributed by atoms with Crippen molar-refractivity contribution in [2.24, 2.45) is 0 Å². The van der Waals surface area contributed by atoms with Gasteiger partial charge >= 0.3 is 7.93 Å². The molecule has 0 aromatic heterocycles. The Morgan fingerprint density at radius 3 is 2.56 bits per heavy atom. The second kappa shape index (κ2) is 5.08. The van der Waals surface area contributed by atoms with E-state index in [4.69, 9.17) is 3.48 Å². The van der Waals surface area contributed by atoms with Gasteiger partial charge in [0.25, 0.3) is 0 Å². The molecule has 1 aromatic rings. The normalized spacial score (nSPS) is 18.2. The molecule has 0 saturated carbocycles. The Morgan fingerprint density at radius 2 is 1.88 bits per heavy atom. The topological polar surface area (TPSA) is 11.3 Å². The van der Waals surface area contributed by atoms with Gasteiger partial charge in [0.05, 0.1) is 5.56 Å². The highest BCUT2D eigenvalue weighted by molar-refractivity contribution is 9.71. The lowest BCUT2D eigenvalue weighted by Gasteiger charge is -2.15. The highest BCUT2D eigenvalue weighted by atomic mass is 80.0. The van der Waals surface area contributed by atoms with Crippen LogP contribution in [0.2, 0.25) is 0 Å². The third kappa shape index (κ3) is 3.08. The number of halogens is 3. The van der Waals surface area contributed by atoms with E-state index < -0.39 is 7.93 Å². The van der Waals surface area contributed by atoms with Crippen molar-refractivity contribution in [1.29, 1.82) is 0 Å². The Labute approximate surface area is 119 Å². The van der Waals surface area contributed by atoms with Crippen LogP contribution >= 0.6 is 42.2 Å². The van der Waals surface area contributed by atoms with Crippen molar-refractivity contribution < 1.29 is 3.48 Å². The fourth-order valence-corrected chi connectivity index (χ4v) is 4.04. The van der Waals surface area contributed by atoms with Gasteiger partial charge in [-0.2, -0.15) is 0 Å². The van der Waals surface area contributed by atoms with Crippen LogP contribution in [0.3, 0.4) is 0 Å². The first kappa shape index (κ1) is 13.0. The van der Waals surface area contributed by atoms with E-state index in [-0.39, 0.29) is 0 Å². The smallest absolute Gasteiger partial charge is 0.686 e. The maximum atomic E-state index is 5.98. The van der Waals surface area contributed by atoms with Crippen molar-refractivity contribution in [3.8, 4) is 0 Å². The summed E-state index contributed by atoms with van der Waals surface area (Å²) in [4.78, 5) is 0. The molecule has 1 aliphatic carbocycles. The summed E-state index contributed by atoms with van der Waals surface area (Å²) in [5.41, 5.74) is 3.71. The van der Waals surface area contributed by atoms with Gasteiger partial charge in [0.15, 0.2) is 0 Å². The van der Waals surface area contributed by atoms with Gasteiger partial charge in [-0.25, -0.2) is 42.2 Å². The first-order chi connectivity index (χ1) is 7.47. The van der Waals surface area contributed by atoms with Crippen molar-refractivity contribution in [3.63, 3.8) is 0 Å². The van der Waals surface area contributed by atoms with E-state index in [2.05, 4.69) is 73.4 Å². The van der Waals surface area contributed by atoms with Crippen LogP contribution in [-0.2, 0) is 6.42 Å². The molecule has 0 N–H and O–H groups in total. The molecule has 0 fully saturated rings. The van der Waals surface area contributed by atoms with Crippen LogP contribution in [0, 0.1) is 0 Å². The summed E-state index contributed by atoms with van der Waals surface area (Å²) < 4.78 is 5.98. The summed E-state index contributed by atoms with van der Waals surface area (Å²) in [6.45, 7) is 2.09. The first-order valence-electron chi connectivity index (χ1n) is 4.97.